The molecule has 2 aromatic carbocycles. The predicted octanol–water partition coefficient (Wildman–Crippen LogP) is 4.03. The standard InChI is InChI=1S/C18H17ClN2O3S/c1-23-17(22)12-21-16-5-3-2-4-15(16)20-18(21)25-11-10-24-14-8-6-13(19)7-9-14/h2-9H,10-12H2,1H3. The molecule has 7 heteroatoms. The van der Waals surface area contributed by atoms with Crippen molar-refractivity contribution in [3.8, 4) is 5.75 Å². The summed E-state index contributed by atoms with van der Waals surface area (Å²) in [6.07, 6.45) is 0. The van der Waals surface area contributed by atoms with Gasteiger partial charge in [0.2, 0.25) is 0 Å². The number of hydrogen-bond donors (Lipinski definition) is 0. The zero-order chi connectivity index (χ0) is 17.6. The van der Waals surface area contributed by atoms with Crippen LogP contribution in [0.2, 0.25) is 5.02 Å². The van der Waals surface area contributed by atoms with Crippen molar-refractivity contribution in [2.24, 2.45) is 0 Å². The highest BCUT2D eigenvalue weighted by molar-refractivity contribution is 7.99. The molecule has 0 spiro atoms. The first kappa shape index (κ1) is 17.6. The molecule has 0 saturated carbocycles. The second-order valence-corrected chi connectivity index (χ2v) is 6.69. The van der Waals surface area contributed by atoms with E-state index < -0.39 is 0 Å². The lowest BCUT2D eigenvalue weighted by Crippen LogP contribution is -2.12. The molecule has 0 amide bonds. The Morgan fingerprint density at radius 2 is 1.96 bits per heavy atom. The normalized spacial score (nSPS) is 10.8. The fraction of sp³-hybridized carbons (Fsp3) is 0.222. The molecule has 5 nitrogen and oxygen atoms in total. The zero-order valence-electron chi connectivity index (χ0n) is 13.6. The molecule has 0 aliphatic heterocycles. The molecule has 0 N–H and O–H groups in total. The van der Waals surface area contributed by atoms with E-state index in [0.717, 1.165) is 21.9 Å². The predicted molar refractivity (Wildman–Crippen MR) is 99.4 cm³/mol. The van der Waals surface area contributed by atoms with E-state index in [4.69, 9.17) is 21.1 Å². The van der Waals surface area contributed by atoms with Crippen LogP contribution in [0.25, 0.3) is 11.0 Å². The Hall–Kier alpha value is -2.18. The van der Waals surface area contributed by atoms with E-state index in [0.29, 0.717) is 17.4 Å². The quantitative estimate of drug-likeness (QED) is 0.354. The summed E-state index contributed by atoms with van der Waals surface area (Å²) in [4.78, 5) is 16.3. The number of ether oxygens (including phenoxy) is 2. The van der Waals surface area contributed by atoms with Crippen LogP contribution in [0.1, 0.15) is 0 Å². The van der Waals surface area contributed by atoms with Crippen LogP contribution < -0.4 is 4.74 Å². The van der Waals surface area contributed by atoms with Gasteiger partial charge in [-0.2, -0.15) is 0 Å². The Morgan fingerprint density at radius 1 is 1.20 bits per heavy atom. The van der Waals surface area contributed by atoms with E-state index in [1.54, 1.807) is 23.9 Å². The molecule has 1 heterocycles. The van der Waals surface area contributed by atoms with E-state index >= 15 is 0 Å². The maximum atomic E-state index is 11.7. The van der Waals surface area contributed by atoms with Gasteiger partial charge in [0.25, 0.3) is 0 Å². The highest BCUT2D eigenvalue weighted by atomic mass is 35.5. The number of hydrogen-bond acceptors (Lipinski definition) is 5. The highest BCUT2D eigenvalue weighted by Crippen LogP contribution is 2.24. The van der Waals surface area contributed by atoms with Crippen molar-refractivity contribution in [3.05, 3.63) is 53.6 Å². The largest absolute Gasteiger partial charge is 0.493 e. The topological polar surface area (TPSA) is 53.4 Å². The lowest BCUT2D eigenvalue weighted by Gasteiger charge is -2.08. The van der Waals surface area contributed by atoms with Gasteiger partial charge in [0, 0.05) is 10.8 Å². The van der Waals surface area contributed by atoms with Gasteiger partial charge >= 0.3 is 5.97 Å². The van der Waals surface area contributed by atoms with Crippen molar-refractivity contribution < 1.29 is 14.3 Å². The van der Waals surface area contributed by atoms with Crippen LogP contribution in [-0.4, -0.2) is 35.0 Å². The third-order valence-corrected chi connectivity index (χ3v) is 4.72. The number of para-hydroxylation sites is 2. The van der Waals surface area contributed by atoms with Crippen LogP contribution in [0.15, 0.2) is 53.7 Å². The first-order valence-corrected chi connectivity index (χ1v) is 9.07. The number of esters is 1. The number of nitrogens with zero attached hydrogens (tertiary/aromatic N) is 2. The van der Waals surface area contributed by atoms with Gasteiger partial charge in [-0.3, -0.25) is 4.79 Å². The molecule has 130 valence electrons. The molecule has 0 saturated heterocycles. The van der Waals surface area contributed by atoms with Gasteiger partial charge < -0.3 is 14.0 Å². The van der Waals surface area contributed by atoms with E-state index in [2.05, 4.69) is 4.98 Å². The van der Waals surface area contributed by atoms with Crippen molar-refractivity contribution in [2.75, 3.05) is 19.5 Å². The molecule has 0 aliphatic carbocycles. The highest BCUT2D eigenvalue weighted by Gasteiger charge is 2.14. The fourth-order valence-corrected chi connectivity index (χ4v) is 3.29. The number of benzene rings is 2. The van der Waals surface area contributed by atoms with Gasteiger partial charge in [-0.1, -0.05) is 35.5 Å². The molecule has 0 aliphatic rings. The van der Waals surface area contributed by atoms with E-state index in [1.165, 1.54) is 7.11 Å². The number of fused-ring (bicyclic) bond motifs is 1. The van der Waals surface area contributed by atoms with Crippen molar-refractivity contribution in [1.82, 2.24) is 9.55 Å². The monoisotopic (exact) mass is 376 g/mol. The van der Waals surface area contributed by atoms with Crippen molar-refractivity contribution in [3.63, 3.8) is 0 Å². The molecule has 0 bridgehead atoms. The number of halogens is 1. The average molecular weight is 377 g/mol. The molecular weight excluding hydrogens is 360 g/mol. The molecule has 0 radical (unpaired) electrons. The first-order chi connectivity index (χ1) is 12.2. The van der Waals surface area contributed by atoms with Crippen molar-refractivity contribution in [1.29, 1.82) is 0 Å². The molecule has 0 unspecified atom stereocenters. The lowest BCUT2D eigenvalue weighted by atomic mass is 10.3. The van der Waals surface area contributed by atoms with Crippen molar-refractivity contribution >= 4 is 40.4 Å². The summed E-state index contributed by atoms with van der Waals surface area (Å²) in [7, 11) is 1.38. The van der Waals surface area contributed by atoms with Crippen LogP contribution >= 0.6 is 23.4 Å². The van der Waals surface area contributed by atoms with Crippen LogP contribution in [-0.2, 0) is 16.1 Å². The number of carbonyl (C=O) groups is 1. The lowest BCUT2D eigenvalue weighted by molar-refractivity contribution is -0.141. The van der Waals surface area contributed by atoms with E-state index in [9.17, 15) is 4.79 Å². The Labute approximate surface area is 154 Å². The maximum absolute atomic E-state index is 11.7. The number of carbonyl (C=O) groups excluding carboxylic acids is 1. The van der Waals surface area contributed by atoms with Gasteiger partial charge in [-0.25, -0.2) is 4.98 Å². The summed E-state index contributed by atoms with van der Waals surface area (Å²) in [5.41, 5.74) is 1.77. The third-order valence-electron chi connectivity index (χ3n) is 3.53. The summed E-state index contributed by atoms with van der Waals surface area (Å²) in [5, 5.41) is 1.45. The Kier molecular flexibility index (Phi) is 5.83. The second kappa shape index (κ2) is 8.27. The summed E-state index contributed by atoms with van der Waals surface area (Å²) >= 11 is 7.39. The summed E-state index contributed by atoms with van der Waals surface area (Å²) in [6, 6.07) is 15.0. The minimum Gasteiger partial charge on any atom is -0.493 e. The van der Waals surface area contributed by atoms with Crippen molar-refractivity contribution in [2.45, 2.75) is 11.7 Å². The number of methoxy groups -OCH3 is 1. The fourth-order valence-electron chi connectivity index (χ4n) is 2.33. The molecule has 0 atom stereocenters. The van der Waals surface area contributed by atoms with Gasteiger partial charge in [0.1, 0.15) is 12.3 Å². The Balaban J connectivity index is 1.66. The summed E-state index contributed by atoms with van der Waals surface area (Å²) in [5.74, 6) is 1.17. The molecule has 3 rings (SSSR count). The number of aromatic nitrogens is 2. The maximum Gasteiger partial charge on any atom is 0.325 e. The summed E-state index contributed by atoms with van der Waals surface area (Å²) < 4.78 is 12.3. The van der Waals surface area contributed by atoms with E-state index in [-0.39, 0.29) is 12.5 Å². The zero-order valence-corrected chi connectivity index (χ0v) is 15.2. The smallest absolute Gasteiger partial charge is 0.325 e. The van der Waals surface area contributed by atoms with Gasteiger partial charge in [0.15, 0.2) is 5.16 Å². The summed E-state index contributed by atoms with van der Waals surface area (Å²) in [6.45, 7) is 0.658. The molecular formula is C18H17ClN2O3S. The Morgan fingerprint density at radius 3 is 2.72 bits per heavy atom. The van der Waals surface area contributed by atoms with Crippen LogP contribution in [0.3, 0.4) is 0 Å². The molecule has 1 aromatic heterocycles. The molecule has 3 aromatic rings. The number of thioether (sulfide) groups is 1. The van der Waals surface area contributed by atoms with Gasteiger partial charge in [0.05, 0.1) is 24.8 Å². The minimum atomic E-state index is -0.303. The van der Waals surface area contributed by atoms with Crippen LogP contribution in [0.4, 0.5) is 0 Å². The second-order valence-electron chi connectivity index (χ2n) is 5.20. The first-order valence-electron chi connectivity index (χ1n) is 7.70. The number of rotatable bonds is 7. The van der Waals surface area contributed by atoms with Gasteiger partial charge in [-0.05, 0) is 36.4 Å². The van der Waals surface area contributed by atoms with E-state index in [1.807, 2.05) is 41.0 Å². The minimum absolute atomic E-state index is 0.136. The third kappa shape index (κ3) is 4.46. The van der Waals surface area contributed by atoms with Crippen LogP contribution in [0.5, 0.6) is 5.75 Å². The average Bonchev–Trinajstić information content (AvgIpc) is 2.98. The van der Waals surface area contributed by atoms with Gasteiger partial charge in [-0.15, -0.1) is 0 Å². The SMILES string of the molecule is COC(=O)Cn1c(SCCOc2ccc(Cl)cc2)nc2ccccc21. The van der Waals surface area contributed by atoms with Crippen LogP contribution in [0, 0.1) is 0 Å². The number of imidazole rings is 1. The Bertz CT molecular complexity index is 864. The molecule has 25 heavy (non-hydrogen) atoms. The molecule has 0 fully saturated rings.